The molecular formula is C12H18O3. The van der Waals surface area contributed by atoms with E-state index in [1.54, 1.807) is 0 Å². The molecule has 0 radical (unpaired) electrons. The zero-order chi connectivity index (χ0) is 11.1. The molecule has 2 rings (SSSR count). The highest BCUT2D eigenvalue weighted by Crippen LogP contribution is 2.41. The first-order valence-corrected chi connectivity index (χ1v) is 5.79. The quantitative estimate of drug-likeness (QED) is 0.652. The lowest BCUT2D eigenvalue weighted by molar-refractivity contribution is -0.136. The maximum absolute atomic E-state index is 12.1. The van der Waals surface area contributed by atoms with Gasteiger partial charge >= 0.3 is 0 Å². The summed E-state index contributed by atoms with van der Waals surface area (Å²) in [7, 11) is 0. The van der Waals surface area contributed by atoms with Gasteiger partial charge in [0, 0.05) is 5.92 Å². The van der Waals surface area contributed by atoms with Crippen LogP contribution >= 0.6 is 0 Å². The van der Waals surface area contributed by atoms with Crippen molar-refractivity contribution in [3.63, 3.8) is 0 Å². The largest absolute Gasteiger partial charge is 0.366 e. The van der Waals surface area contributed by atoms with Gasteiger partial charge in [-0.05, 0) is 25.7 Å². The third-order valence-corrected chi connectivity index (χ3v) is 3.62. The average molecular weight is 210 g/mol. The minimum Gasteiger partial charge on any atom is -0.366 e. The lowest BCUT2D eigenvalue weighted by Crippen LogP contribution is -2.37. The minimum atomic E-state index is -0.574. The van der Waals surface area contributed by atoms with Gasteiger partial charge < -0.3 is 4.74 Å². The molecule has 3 heteroatoms. The fourth-order valence-electron chi connectivity index (χ4n) is 2.66. The van der Waals surface area contributed by atoms with Crippen molar-refractivity contribution in [3.05, 3.63) is 0 Å². The van der Waals surface area contributed by atoms with Crippen LogP contribution in [0.5, 0.6) is 0 Å². The number of ketones is 2. The normalized spacial score (nSPS) is 29.3. The van der Waals surface area contributed by atoms with Gasteiger partial charge in [-0.3, -0.25) is 9.59 Å². The van der Waals surface area contributed by atoms with Gasteiger partial charge in [0.25, 0.3) is 0 Å². The first-order valence-electron chi connectivity index (χ1n) is 5.79. The van der Waals surface area contributed by atoms with Crippen LogP contribution in [0.1, 0.15) is 39.5 Å². The zero-order valence-electron chi connectivity index (χ0n) is 9.41. The molecule has 0 aromatic heterocycles. The Morgan fingerprint density at radius 1 is 1.40 bits per heavy atom. The SMILES string of the molecule is CC(C)C(=O)C1COC2(CCCC2)C1=O. The molecule has 1 saturated carbocycles. The lowest BCUT2D eigenvalue weighted by atomic mass is 9.85. The Kier molecular flexibility index (Phi) is 2.67. The number of ether oxygens (including phenoxy) is 1. The number of hydrogen-bond donors (Lipinski definition) is 0. The molecule has 0 aromatic rings. The van der Waals surface area contributed by atoms with Crippen molar-refractivity contribution in [1.29, 1.82) is 0 Å². The van der Waals surface area contributed by atoms with E-state index in [9.17, 15) is 9.59 Å². The predicted octanol–water partition coefficient (Wildman–Crippen LogP) is 1.74. The van der Waals surface area contributed by atoms with Gasteiger partial charge in [-0.15, -0.1) is 0 Å². The number of rotatable bonds is 2. The molecule has 0 N–H and O–H groups in total. The first kappa shape index (κ1) is 10.8. The Balaban J connectivity index is 2.13. The van der Waals surface area contributed by atoms with E-state index in [-0.39, 0.29) is 17.5 Å². The van der Waals surface area contributed by atoms with E-state index in [1.165, 1.54) is 0 Å². The van der Waals surface area contributed by atoms with Crippen LogP contribution < -0.4 is 0 Å². The molecule has 2 fully saturated rings. The number of carbonyl (C=O) groups excluding carboxylic acids is 2. The summed E-state index contributed by atoms with van der Waals surface area (Å²) in [6.07, 6.45) is 3.73. The Labute approximate surface area is 90.2 Å². The monoisotopic (exact) mass is 210 g/mol. The topological polar surface area (TPSA) is 43.4 Å². The molecule has 0 bridgehead atoms. The summed E-state index contributed by atoms with van der Waals surface area (Å²) < 4.78 is 5.63. The molecule has 1 aliphatic heterocycles. The van der Waals surface area contributed by atoms with E-state index >= 15 is 0 Å². The van der Waals surface area contributed by atoms with Crippen molar-refractivity contribution in [3.8, 4) is 0 Å². The highest BCUT2D eigenvalue weighted by Gasteiger charge is 2.52. The molecule has 1 spiro atoms. The third-order valence-electron chi connectivity index (χ3n) is 3.62. The third kappa shape index (κ3) is 1.63. The molecule has 2 aliphatic rings. The smallest absolute Gasteiger partial charge is 0.177 e. The fraction of sp³-hybridized carbons (Fsp3) is 0.833. The van der Waals surface area contributed by atoms with Crippen molar-refractivity contribution in [1.82, 2.24) is 0 Å². The summed E-state index contributed by atoms with van der Waals surface area (Å²) in [5, 5.41) is 0. The van der Waals surface area contributed by atoms with Gasteiger partial charge in [0.05, 0.1) is 6.61 Å². The minimum absolute atomic E-state index is 0.0452. The van der Waals surface area contributed by atoms with Crippen molar-refractivity contribution >= 4 is 11.6 Å². The molecule has 1 heterocycles. The van der Waals surface area contributed by atoms with Crippen LogP contribution in [0.2, 0.25) is 0 Å². The summed E-state index contributed by atoms with van der Waals surface area (Å²) >= 11 is 0. The number of hydrogen-bond acceptors (Lipinski definition) is 3. The van der Waals surface area contributed by atoms with Crippen LogP contribution in [-0.2, 0) is 14.3 Å². The van der Waals surface area contributed by atoms with Crippen LogP contribution in [0, 0.1) is 11.8 Å². The van der Waals surface area contributed by atoms with E-state index in [4.69, 9.17) is 4.74 Å². The highest BCUT2D eigenvalue weighted by molar-refractivity contribution is 6.08. The number of Topliss-reactive ketones (excluding diaryl/α,β-unsaturated/α-hetero) is 2. The first-order chi connectivity index (χ1) is 7.07. The summed E-state index contributed by atoms with van der Waals surface area (Å²) in [5.74, 6) is -0.454. The highest BCUT2D eigenvalue weighted by atomic mass is 16.5. The van der Waals surface area contributed by atoms with E-state index in [2.05, 4.69) is 0 Å². The van der Waals surface area contributed by atoms with Gasteiger partial charge in [0.2, 0.25) is 0 Å². The van der Waals surface area contributed by atoms with Crippen LogP contribution in [0.3, 0.4) is 0 Å². The maximum Gasteiger partial charge on any atom is 0.177 e. The maximum atomic E-state index is 12.1. The van der Waals surface area contributed by atoms with Gasteiger partial charge in [-0.25, -0.2) is 0 Å². The molecule has 3 nitrogen and oxygen atoms in total. The average Bonchev–Trinajstić information content (AvgIpc) is 2.77. The van der Waals surface area contributed by atoms with E-state index in [1.807, 2.05) is 13.8 Å². The molecule has 0 aromatic carbocycles. The molecule has 1 atom stereocenters. The Bertz CT molecular complexity index is 287. The van der Waals surface area contributed by atoms with E-state index in [0.29, 0.717) is 6.61 Å². The fourth-order valence-corrected chi connectivity index (χ4v) is 2.66. The molecule has 84 valence electrons. The second-order valence-corrected chi connectivity index (χ2v) is 4.99. The summed E-state index contributed by atoms with van der Waals surface area (Å²) in [5.41, 5.74) is -0.574. The van der Waals surface area contributed by atoms with Gasteiger partial charge in [-0.2, -0.15) is 0 Å². The Morgan fingerprint density at radius 3 is 2.53 bits per heavy atom. The summed E-state index contributed by atoms with van der Waals surface area (Å²) in [4.78, 5) is 23.9. The molecule has 1 aliphatic carbocycles. The zero-order valence-corrected chi connectivity index (χ0v) is 9.41. The second kappa shape index (κ2) is 3.71. The van der Waals surface area contributed by atoms with Gasteiger partial charge in [0.1, 0.15) is 17.3 Å². The van der Waals surface area contributed by atoms with Crippen molar-refractivity contribution in [2.45, 2.75) is 45.1 Å². The lowest BCUT2D eigenvalue weighted by Gasteiger charge is -2.19. The molecule has 0 amide bonds. The van der Waals surface area contributed by atoms with Crippen LogP contribution in [0.15, 0.2) is 0 Å². The molecule has 1 saturated heterocycles. The summed E-state index contributed by atoms with van der Waals surface area (Å²) in [6.45, 7) is 4.00. The predicted molar refractivity (Wildman–Crippen MR) is 55.5 cm³/mol. The molecule has 1 unspecified atom stereocenters. The van der Waals surface area contributed by atoms with Gasteiger partial charge in [-0.1, -0.05) is 13.8 Å². The Morgan fingerprint density at radius 2 is 2.00 bits per heavy atom. The van der Waals surface area contributed by atoms with Crippen LogP contribution in [0.4, 0.5) is 0 Å². The van der Waals surface area contributed by atoms with Crippen molar-refractivity contribution in [2.24, 2.45) is 11.8 Å². The van der Waals surface area contributed by atoms with E-state index < -0.39 is 11.5 Å². The summed E-state index contributed by atoms with van der Waals surface area (Å²) in [6, 6.07) is 0. The van der Waals surface area contributed by atoms with Crippen molar-refractivity contribution in [2.75, 3.05) is 6.61 Å². The molecular weight excluding hydrogens is 192 g/mol. The van der Waals surface area contributed by atoms with Gasteiger partial charge in [0.15, 0.2) is 5.78 Å². The Hall–Kier alpha value is -0.700. The van der Waals surface area contributed by atoms with E-state index in [0.717, 1.165) is 25.7 Å². The molecule has 15 heavy (non-hydrogen) atoms. The van der Waals surface area contributed by atoms with Crippen LogP contribution in [0.25, 0.3) is 0 Å². The van der Waals surface area contributed by atoms with Crippen molar-refractivity contribution < 1.29 is 14.3 Å². The standard InChI is InChI=1S/C12H18O3/c1-8(2)10(13)9-7-15-12(11(9)14)5-3-4-6-12/h8-9H,3-7H2,1-2H3. The van der Waals surface area contributed by atoms with Crippen LogP contribution in [-0.4, -0.2) is 23.8 Å². The number of carbonyl (C=O) groups is 2. The second-order valence-electron chi connectivity index (χ2n) is 4.99.